The van der Waals surface area contributed by atoms with E-state index in [1.54, 1.807) is 0 Å². The maximum absolute atomic E-state index is 11.0. The SMILES string of the molecule is CC(=O)Nc1cc2c(cc1Br)CCCC2. The van der Waals surface area contributed by atoms with Gasteiger partial charge in [0.15, 0.2) is 0 Å². The van der Waals surface area contributed by atoms with Gasteiger partial charge in [-0.1, -0.05) is 0 Å². The zero-order chi connectivity index (χ0) is 10.8. The maximum atomic E-state index is 11.0. The topological polar surface area (TPSA) is 29.1 Å². The Balaban J connectivity index is 2.36. The van der Waals surface area contributed by atoms with Crippen LogP contribution in [0.2, 0.25) is 0 Å². The summed E-state index contributed by atoms with van der Waals surface area (Å²) in [5.74, 6) is -0.0218. The first kappa shape index (κ1) is 10.7. The summed E-state index contributed by atoms with van der Waals surface area (Å²) in [6.07, 6.45) is 4.83. The lowest BCUT2D eigenvalue weighted by molar-refractivity contribution is -0.114. The molecule has 1 aliphatic rings. The molecule has 0 saturated heterocycles. The molecule has 0 saturated carbocycles. The third-order valence-electron chi connectivity index (χ3n) is 2.74. The Kier molecular flexibility index (Phi) is 3.10. The third kappa shape index (κ3) is 2.40. The summed E-state index contributed by atoms with van der Waals surface area (Å²) in [4.78, 5) is 11.0. The fraction of sp³-hybridized carbons (Fsp3) is 0.417. The molecule has 0 radical (unpaired) electrons. The molecule has 0 aromatic heterocycles. The third-order valence-corrected chi connectivity index (χ3v) is 3.40. The number of anilines is 1. The number of rotatable bonds is 1. The first-order chi connectivity index (χ1) is 7.16. The summed E-state index contributed by atoms with van der Waals surface area (Å²) in [6.45, 7) is 1.53. The minimum atomic E-state index is -0.0218. The van der Waals surface area contributed by atoms with Crippen molar-refractivity contribution >= 4 is 27.5 Å². The predicted octanol–water partition coefficient (Wildman–Crippen LogP) is 3.29. The van der Waals surface area contributed by atoms with Gasteiger partial charge in [-0.15, -0.1) is 0 Å². The van der Waals surface area contributed by atoms with E-state index in [2.05, 4.69) is 33.4 Å². The van der Waals surface area contributed by atoms with Crippen LogP contribution in [-0.4, -0.2) is 5.91 Å². The van der Waals surface area contributed by atoms with Gasteiger partial charge in [-0.25, -0.2) is 0 Å². The van der Waals surface area contributed by atoms with E-state index in [-0.39, 0.29) is 5.91 Å². The van der Waals surface area contributed by atoms with Crippen LogP contribution in [-0.2, 0) is 17.6 Å². The molecule has 2 nitrogen and oxygen atoms in total. The summed E-state index contributed by atoms with van der Waals surface area (Å²) in [6, 6.07) is 4.24. The minimum Gasteiger partial charge on any atom is -0.325 e. The lowest BCUT2D eigenvalue weighted by atomic mass is 9.91. The Morgan fingerprint density at radius 2 is 1.87 bits per heavy atom. The van der Waals surface area contributed by atoms with E-state index < -0.39 is 0 Å². The molecule has 3 heteroatoms. The van der Waals surface area contributed by atoms with Crippen LogP contribution in [0.1, 0.15) is 30.9 Å². The molecule has 0 atom stereocenters. The van der Waals surface area contributed by atoms with Gasteiger partial charge in [0, 0.05) is 11.4 Å². The first-order valence-corrected chi connectivity index (χ1v) is 6.05. The van der Waals surface area contributed by atoms with E-state index in [0.717, 1.165) is 23.0 Å². The Hall–Kier alpha value is -0.830. The molecule has 0 bridgehead atoms. The van der Waals surface area contributed by atoms with Gasteiger partial charge < -0.3 is 5.32 Å². The highest BCUT2D eigenvalue weighted by atomic mass is 79.9. The van der Waals surface area contributed by atoms with Crippen molar-refractivity contribution in [1.82, 2.24) is 0 Å². The van der Waals surface area contributed by atoms with Gasteiger partial charge in [-0.3, -0.25) is 4.79 Å². The van der Waals surface area contributed by atoms with E-state index in [9.17, 15) is 4.79 Å². The second kappa shape index (κ2) is 4.35. The van der Waals surface area contributed by atoms with Crippen molar-refractivity contribution in [2.24, 2.45) is 0 Å². The number of hydrogen-bond donors (Lipinski definition) is 1. The van der Waals surface area contributed by atoms with Gasteiger partial charge in [0.25, 0.3) is 0 Å². The van der Waals surface area contributed by atoms with Crippen LogP contribution in [0.5, 0.6) is 0 Å². The average molecular weight is 268 g/mol. The normalized spacial score (nSPS) is 14.5. The molecule has 15 heavy (non-hydrogen) atoms. The number of fused-ring (bicyclic) bond motifs is 1. The number of benzene rings is 1. The molecule has 0 heterocycles. The second-order valence-corrected chi connectivity index (χ2v) is 4.84. The van der Waals surface area contributed by atoms with Gasteiger partial charge >= 0.3 is 0 Å². The van der Waals surface area contributed by atoms with Gasteiger partial charge in [-0.05, 0) is 64.9 Å². The van der Waals surface area contributed by atoms with Crippen molar-refractivity contribution < 1.29 is 4.79 Å². The fourth-order valence-corrected chi connectivity index (χ4v) is 2.53. The van der Waals surface area contributed by atoms with Gasteiger partial charge in [0.05, 0.1) is 5.69 Å². The van der Waals surface area contributed by atoms with Crippen molar-refractivity contribution in [2.75, 3.05) is 5.32 Å². The Morgan fingerprint density at radius 1 is 1.27 bits per heavy atom. The van der Waals surface area contributed by atoms with Crippen LogP contribution in [0, 0.1) is 0 Å². The van der Waals surface area contributed by atoms with Gasteiger partial charge in [0.1, 0.15) is 0 Å². The first-order valence-electron chi connectivity index (χ1n) is 5.25. The fourth-order valence-electron chi connectivity index (χ4n) is 2.04. The number of carbonyl (C=O) groups is 1. The Bertz CT molecular complexity index is 401. The molecule has 80 valence electrons. The standard InChI is InChI=1S/C12H14BrNO/c1-8(15)14-12-7-10-5-3-2-4-9(10)6-11(12)13/h6-7H,2-5H2,1H3,(H,14,15). The quantitative estimate of drug-likeness (QED) is 0.832. The van der Waals surface area contributed by atoms with E-state index in [4.69, 9.17) is 0 Å². The van der Waals surface area contributed by atoms with Crippen molar-refractivity contribution in [3.05, 3.63) is 27.7 Å². The minimum absolute atomic E-state index is 0.0218. The van der Waals surface area contributed by atoms with Crippen molar-refractivity contribution in [2.45, 2.75) is 32.6 Å². The molecule has 0 fully saturated rings. The molecule has 2 rings (SSSR count). The molecule has 1 aliphatic carbocycles. The summed E-state index contributed by atoms with van der Waals surface area (Å²) < 4.78 is 0.985. The molecule has 1 aromatic rings. The lowest BCUT2D eigenvalue weighted by Crippen LogP contribution is -2.09. The van der Waals surface area contributed by atoms with Crippen LogP contribution in [0.15, 0.2) is 16.6 Å². The summed E-state index contributed by atoms with van der Waals surface area (Å²) in [5, 5.41) is 2.84. The number of halogens is 1. The Labute approximate surface area is 98.2 Å². The molecule has 0 unspecified atom stereocenters. The van der Waals surface area contributed by atoms with E-state index >= 15 is 0 Å². The second-order valence-electron chi connectivity index (χ2n) is 3.99. The van der Waals surface area contributed by atoms with Crippen LogP contribution >= 0.6 is 15.9 Å². The van der Waals surface area contributed by atoms with Crippen molar-refractivity contribution in [3.63, 3.8) is 0 Å². The van der Waals surface area contributed by atoms with Gasteiger partial charge in [0.2, 0.25) is 5.91 Å². The Morgan fingerprint density at radius 3 is 2.47 bits per heavy atom. The molecule has 1 aromatic carbocycles. The number of carbonyl (C=O) groups excluding carboxylic acids is 1. The highest BCUT2D eigenvalue weighted by Crippen LogP contribution is 2.30. The largest absolute Gasteiger partial charge is 0.325 e. The average Bonchev–Trinajstić information content (AvgIpc) is 2.18. The van der Waals surface area contributed by atoms with Crippen LogP contribution < -0.4 is 5.32 Å². The molecule has 0 aliphatic heterocycles. The number of nitrogens with one attached hydrogen (secondary N) is 1. The van der Waals surface area contributed by atoms with Crippen LogP contribution in [0.3, 0.4) is 0 Å². The van der Waals surface area contributed by atoms with E-state index in [1.165, 1.54) is 30.9 Å². The zero-order valence-corrected chi connectivity index (χ0v) is 10.4. The van der Waals surface area contributed by atoms with E-state index in [0.29, 0.717) is 0 Å². The van der Waals surface area contributed by atoms with Gasteiger partial charge in [-0.2, -0.15) is 0 Å². The number of amides is 1. The molecule has 0 spiro atoms. The maximum Gasteiger partial charge on any atom is 0.221 e. The van der Waals surface area contributed by atoms with Crippen molar-refractivity contribution in [1.29, 1.82) is 0 Å². The molecule has 1 N–H and O–H groups in total. The zero-order valence-electron chi connectivity index (χ0n) is 8.77. The number of aryl methyl sites for hydroxylation is 2. The molecular formula is C12H14BrNO. The molecular weight excluding hydrogens is 254 g/mol. The summed E-state index contributed by atoms with van der Waals surface area (Å²) in [5.41, 5.74) is 3.69. The highest BCUT2D eigenvalue weighted by molar-refractivity contribution is 9.10. The molecule has 1 amide bonds. The number of hydrogen-bond acceptors (Lipinski definition) is 1. The van der Waals surface area contributed by atoms with Crippen LogP contribution in [0.4, 0.5) is 5.69 Å². The smallest absolute Gasteiger partial charge is 0.221 e. The van der Waals surface area contributed by atoms with E-state index in [1.807, 2.05) is 0 Å². The predicted molar refractivity (Wildman–Crippen MR) is 65.1 cm³/mol. The van der Waals surface area contributed by atoms with Crippen LogP contribution in [0.25, 0.3) is 0 Å². The summed E-state index contributed by atoms with van der Waals surface area (Å²) >= 11 is 3.49. The lowest BCUT2D eigenvalue weighted by Gasteiger charge is -2.18. The van der Waals surface area contributed by atoms with Crippen molar-refractivity contribution in [3.8, 4) is 0 Å². The highest BCUT2D eigenvalue weighted by Gasteiger charge is 2.12. The monoisotopic (exact) mass is 267 g/mol. The summed E-state index contributed by atoms with van der Waals surface area (Å²) in [7, 11) is 0.